The minimum Gasteiger partial charge on any atom is -0.444 e. The van der Waals surface area contributed by atoms with Gasteiger partial charge in [-0.3, -0.25) is 14.4 Å². The van der Waals surface area contributed by atoms with E-state index < -0.39 is 51.7 Å². The number of ketones is 3. The fraction of sp³-hybridized carbons (Fsp3) is 0.552. The number of ether oxygens (including phenoxy) is 3. The highest BCUT2D eigenvalue weighted by Gasteiger charge is 2.50. The summed E-state index contributed by atoms with van der Waals surface area (Å²) >= 11 is 33.7. The summed E-state index contributed by atoms with van der Waals surface area (Å²) in [4.78, 5) is 133. The van der Waals surface area contributed by atoms with Crippen molar-refractivity contribution in [3.8, 4) is 0 Å². The van der Waals surface area contributed by atoms with Crippen molar-refractivity contribution in [2.75, 3.05) is 113 Å². The topological polar surface area (TPSA) is 400 Å². The Balaban J connectivity index is 0.000000167. The summed E-state index contributed by atoms with van der Waals surface area (Å²) in [7, 11) is 11.9. The molecule has 33 nitrogen and oxygen atoms in total. The average molecular weight is 1820 g/mol. The number of benzene rings is 3. The second-order valence-electron chi connectivity index (χ2n) is 38.0. The number of aromatic nitrogens is 12. The molecule has 3 aromatic carbocycles. The fourth-order valence-corrected chi connectivity index (χ4v) is 17.5. The summed E-state index contributed by atoms with van der Waals surface area (Å²) in [5.41, 5.74) is 31.0. The first-order valence-electron chi connectivity index (χ1n) is 42.2. The Bertz CT molecular complexity index is 5470. The van der Waals surface area contributed by atoms with E-state index in [0.29, 0.717) is 186 Å². The first kappa shape index (κ1) is 93.2. The van der Waals surface area contributed by atoms with Crippen LogP contribution >= 0.6 is 58.0 Å². The highest BCUT2D eigenvalue weighted by atomic mass is 35.5. The van der Waals surface area contributed by atoms with Gasteiger partial charge in [-0.2, -0.15) is 4.90 Å². The largest absolute Gasteiger partial charge is 0.444 e. The number of nitrogens with two attached hydrogens (primary N) is 4. The summed E-state index contributed by atoms with van der Waals surface area (Å²) < 4.78 is 22.5. The molecule has 3 saturated carbocycles. The van der Waals surface area contributed by atoms with Gasteiger partial charge < -0.3 is 85.6 Å². The lowest BCUT2D eigenvalue weighted by Crippen LogP contribution is -2.57. The first-order chi connectivity index (χ1) is 58.7. The monoisotopic (exact) mass is 1810 g/mol. The molecule has 9 heterocycles. The van der Waals surface area contributed by atoms with Crippen molar-refractivity contribution in [2.24, 2.45) is 29.2 Å². The van der Waals surface area contributed by atoms with E-state index in [-0.39, 0.29) is 41.8 Å². The molecule has 38 heteroatoms. The Morgan fingerprint density at radius 1 is 0.464 bits per heavy atom. The minimum atomic E-state index is -1.15. The number of hydrogen-bond acceptors (Lipinski definition) is 28. The first-order valence-corrected chi connectivity index (χ1v) is 44.1. The van der Waals surface area contributed by atoms with Crippen molar-refractivity contribution in [3.05, 3.63) is 121 Å². The normalized spacial score (nSPS) is 19.2. The number of carbonyl (C=O) groups excluding carboxylic acids is 6. The van der Waals surface area contributed by atoms with Crippen LogP contribution in [0.15, 0.2) is 62.2 Å². The van der Waals surface area contributed by atoms with Crippen LogP contribution in [-0.2, 0) is 67.9 Å². The van der Waals surface area contributed by atoms with Crippen LogP contribution in [0, 0.1) is 17.8 Å². The van der Waals surface area contributed by atoms with E-state index in [1.54, 1.807) is 85.9 Å². The van der Waals surface area contributed by atoms with Gasteiger partial charge in [-0.05, 0) is 227 Å². The molecule has 3 aliphatic heterocycles. The standard InChI is InChI=1S/C39H55ClN8O7.2C24H30Cl2N8O/c1-36(2,3)53-33(50)44-39(29(49)16-24-12-13-24)14-15-46(21-39)28-18-26(40)17-25(19-45(10)11)27(28)20-47-23-43-30-31(47)41-22-42-32(30)48(34(51)54-37(4,5)6)35(52)55-38(7,8)9;1-32(2)9-16-15(10-34-13-31-21-22(27)29-12-30-23(21)34)18(8-17(25)20(16)26)33-6-5-24(28,11-33)19(35)7-14-3-4-14;1-32(2)9-15-8-17(25)19(26)21(33-6-5-24(28,11-33)18(35)7-14-3-4-14)16(15)10-34-13-31-20-22(27)29-12-30-23(20)34/h17-18,22-24H,12-16,19-21H2,1-11H3,(H,44,50);2*8,12-14H,3-7,9-11,28H2,1-2H3,(H2,27,29,30)/t39-;2*24-/m111/s1. The Hall–Kier alpha value is -9.42. The van der Waals surface area contributed by atoms with E-state index >= 15 is 0 Å². The number of imidazole rings is 3. The van der Waals surface area contributed by atoms with Gasteiger partial charge in [0.25, 0.3) is 0 Å². The van der Waals surface area contributed by atoms with E-state index in [1.165, 1.54) is 19.0 Å². The van der Waals surface area contributed by atoms with E-state index in [1.807, 2.05) is 85.5 Å². The van der Waals surface area contributed by atoms with Crippen LogP contribution < -0.4 is 47.9 Å². The number of nitrogens with one attached hydrogen (secondary N) is 1. The SMILES string of the molecule is CN(C)Cc1c(Cl)c(Cl)cc(N2CC[C@](N)(C(=O)CC3CC3)C2)c1Cn1cnc2c(N)ncnc21.CN(C)Cc1cc(Cl)c(Cl)c(N2CC[C@](N)(C(=O)CC3CC3)C2)c1Cn1cnc2c(N)ncnc21.CN(C)Cc1cc(Cl)cc(N2CC[C@](NC(=O)OC(C)(C)C)(C(=O)CC3CC3)C2)c1Cn1cnc2c(N(C(=O)OC(C)(C)C)C(=O)OC(C)(C)C)ncnc21. The van der Waals surface area contributed by atoms with Crippen LogP contribution in [0.3, 0.4) is 0 Å². The molecule has 6 fully saturated rings. The molecule has 3 aliphatic carbocycles. The summed E-state index contributed by atoms with van der Waals surface area (Å²) in [6, 6.07) is 7.58. The van der Waals surface area contributed by atoms with E-state index in [2.05, 4.69) is 69.8 Å². The molecule has 0 spiro atoms. The average Bonchev–Trinajstić information content (AvgIpc) is 1.65. The number of Topliss-reactive ketones (excluding diaryl/α,β-unsaturated/α-hetero) is 3. The number of amides is 3. The van der Waals surface area contributed by atoms with Crippen LogP contribution in [-0.4, -0.2) is 224 Å². The molecular formula is C87H115Cl5N24O9. The lowest BCUT2D eigenvalue weighted by atomic mass is 9.89. The van der Waals surface area contributed by atoms with Gasteiger partial charge in [0, 0.05) is 106 Å². The smallest absolute Gasteiger partial charge is 0.425 e. The summed E-state index contributed by atoms with van der Waals surface area (Å²) in [6.07, 6.45) is 16.1. The molecule has 3 atom stereocenters. The van der Waals surface area contributed by atoms with Crippen LogP contribution in [0.1, 0.15) is 173 Å². The molecule has 3 saturated heterocycles. The number of hydrogen-bond donors (Lipinski definition) is 5. The third-order valence-electron chi connectivity index (χ3n) is 22.9. The molecule has 9 aromatic rings. The van der Waals surface area contributed by atoms with Crippen molar-refractivity contribution in [1.29, 1.82) is 0 Å². The van der Waals surface area contributed by atoms with Gasteiger partial charge in [0.2, 0.25) is 0 Å². The molecule has 3 amide bonds. The van der Waals surface area contributed by atoms with Gasteiger partial charge in [0.1, 0.15) is 52.4 Å². The molecular weight excluding hydrogens is 1700 g/mol. The third-order valence-corrected chi connectivity index (χ3v) is 24.7. The number of carbonyl (C=O) groups is 6. The van der Waals surface area contributed by atoms with Gasteiger partial charge in [-0.1, -0.05) is 58.0 Å². The predicted molar refractivity (Wildman–Crippen MR) is 487 cm³/mol. The van der Waals surface area contributed by atoms with E-state index in [9.17, 15) is 28.8 Å². The Labute approximate surface area is 753 Å². The van der Waals surface area contributed by atoms with Gasteiger partial charge in [-0.25, -0.2) is 59.2 Å². The molecule has 6 aliphatic rings. The predicted octanol–water partition coefficient (Wildman–Crippen LogP) is 13.3. The molecule has 0 bridgehead atoms. The van der Waals surface area contributed by atoms with Crippen LogP contribution in [0.25, 0.3) is 33.5 Å². The third kappa shape index (κ3) is 22.2. The number of fused-ring (bicyclic) bond motifs is 3. The van der Waals surface area contributed by atoms with Gasteiger partial charge in [-0.15, -0.1) is 0 Å². The van der Waals surface area contributed by atoms with Crippen molar-refractivity contribution >= 4 is 162 Å². The Morgan fingerprint density at radius 3 is 1.38 bits per heavy atom. The lowest BCUT2D eigenvalue weighted by molar-refractivity contribution is -0.125. The van der Waals surface area contributed by atoms with Gasteiger partial charge >= 0.3 is 18.3 Å². The Morgan fingerprint density at radius 2 is 0.880 bits per heavy atom. The number of rotatable bonds is 26. The number of anilines is 6. The molecule has 9 N–H and O–H groups in total. The fourth-order valence-electron chi connectivity index (χ4n) is 16.3. The number of nitrogen functional groups attached to an aromatic ring is 2. The summed E-state index contributed by atoms with van der Waals surface area (Å²) in [5.74, 6) is 2.19. The maximum absolute atomic E-state index is 14.0. The molecule has 672 valence electrons. The van der Waals surface area contributed by atoms with Crippen molar-refractivity contribution in [3.63, 3.8) is 0 Å². The quantitative estimate of drug-likeness (QED) is 0.0314. The van der Waals surface area contributed by atoms with Crippen LogP contribution in [0.5, 0.6) is 0 Å². The molecule has 15 rings (SSSR count). The molecule has 125 heavy (non-hydrogen) atoms. The maximum Gasteiger partial charge on any atom is 0.425 e. The zero-order chi connectivity index (χ0) is 90.5. The van der Waals surface area contributed by atoms with Crippen LogP contribution in [0.4, 0.5) is 48.9 Å². The molecule has 0 unspecified atom stereocenters. The zero-order valence-electron chi connectivity index (χ0n) is 73.8. The number of alkyl carbamates (subject to hydrolysis) is 1. The highest BCUT2D eigenvalue weighted by Crippen LogP contribution is 2.47. The molecule has 0 radical (unpaired) electrons. The summed E-state index contributed by atoms with van der Waals surface area (Å²) in [6.45, 7) is 21.3. The zero-order valence-corrected chi connectivity index (χ0v) is 77.6. The van der Waals surface area contributed by atoms with Crippen molar-refractivity contribution in [1.82, 2.24) is 78.6 Å². The van der Waals surface area contributed by atoms with Crippen LogP contribution in [0.2, 0.25) is 25.1 Å². The number of imide groups is 1. The highest BCUT2D eigenvalue weighted by molar-refractivity contribution is 6.44. The van der Waals surface area contributed by atoms with Crippen molar-refractivity contribution < 1.29 is 43.0 Å². The van der Waals surface area contributed by atoms with E-state index in [0.717, 1.165) is 93.9 Å². The minimum absolute atomic E-state index is 0.00943. The Kier molecular flexibility index (Phi) is 27.7. The second kappa shape index (κ2) is 37.1. The number of nitrogens with zero attached hydrogens (tertiary/aromatic N) is 19. The molecule has 6 aromatic heterocycles. The number of halogens is 5. The van der Waals surface area contributed by atoms with Crippen molar-refractivity contribution in [2.45, 2.75) is 212 Å². The lowest BCUT2D eigenvalue weighted by Gasteiger charge is -2.32. The maximum atomic E-state index is 14.0. The second-order valence-corrected chi connectivity index (χ2v) is 40.0. The summed E-state index contributed by atoms with van der Waals surface area (Å²) in [5, 5.41) is 5.43. The van der Waals surface area contributed by atoms with Gasteiger partial charge in [0.15, 0.2) is 57.3 Å². The van der Waals surface area contributed by atoms with Gasteiger partial charge in [0.05, 0.1) is 75.5 Å². The van der Waals surface area contributed by atoms with E-state index in [4.69, 9.17) is 95.1 Å².